The van der Waals surface area contributed by atoms with Gasteiger partial charge in [-0.05, 0) is 23.8 Å². The molecule has 0 aliphatic carbocycles. The number of benzene rings is 2. The average Bonchev–Trinajstić information content (AvgIpc) is 2.56. The molecule has 4 N–H and O–H groups in total. The lowest BCUT2D eigenvalue weighted by molar-refractivity contribution is -0.384. The molecule has 2 aromatic rings. The second-order valence-electron chi connectivity index (χ2n) is 4.56. The molecule has 0 aromatic heterocycles. The van der Waals surface area contributed by atoms with Crippen molar-refractivity contribution in [1.82, 2.24) is 0 Å². The van der Waals surface area contributed by atoms with Crippen LogP contribution in [-0.4, -0.2) is 16.6 Å². The SMILES string of the molecule is NC(N)=N/N=C(/C=C/c1ccc([N+](=O)[O-])cc1)c1ccccc1. The van der Waals surface area contributed by atoms with Crippen LogP contribution >= 0.6 is 0 Å². The lowest BCUT2D eigenvalue weighted by atomic mass is 10.1. The van der Waals surface area contributed by atoms with Crippen LogP contribution in [-0.2, 0) is 0 Å². The first-order valence-electron chi connectivity index (χ1n) is 6.71. The Kier molecular flexibility index (Phi) is 5.19. The smallest absolute Gasteiger partial charge is 0.269 e. The molecule has 0 atom stereocenters. The van der Waals surface area contributed by atoms with Gasteiger partial charge in [0.15, 0.2) is 0 Å². The fraction of sp³-hybridized carbons (Fsp3) is 0. The van der Waals surface area contributed by atoms with E-state index < -0.39 is 4.92 Å². The number of allylic oxidation sites excluding steroid dienone is 1. The van der Waals surface area contributed by atoms with Gasteiger partial charge in [0.1, 0.15) is 0 Å². The van der Waals surface area contributed by atoms with Gasteiger partial charge in [-0.25, -0.2) is 0 Å². The van der Waals surface area contributed by atoms with E-state index in [2.05, 4.69) is 10.2 Å². The summed E-state index contributed by atoms with van der Waals surface area (Å²) in [5, 5.41) is 18.3. The number of nitro benzene ring substituents is 1. The summed E-state index contributed by atoms with van der Waals surface area (Å²) in [6.07, 6.45) is 3.51. The molecule has 0 aliphatic heterocycles. The third kappa shape index (κ3) is 4.78. The van der Waals surface area contributed by atoms with E-state index in [4.69, 9.17) is 11.5 Å². The summed E-state index contributed by atoms with van der Waals surface area (Å²) in [7, 11) is 0. The van der Waals surface area contributed by atoms with Crippen molar-refractivity contribution >= 4 is 23.4 Å². The van der Waals surface area contributed by atoms with Crippen molar-refractivity contribution in [3.63, 3.8) is 0 Å². The molecule has 0 aliphatic rings. The lowest BCUT2D eigenvalue weighted by Gasteiger charge is -2.00. The molecule has 23 heavy (non-hydrogen) atoms. The fourth-order valence-electron chi connectivity index (χ4n) is 1.79. The number of hydrogen-bond donors (Lipinski definition) is 2. The van der Waals surface area contributed by atoms with E-state index in [1.807, 2.05) is 30.3 Å². The van der Waals surface area contributed by atoms with Crippen molar-refractivity contribution in [2.24, 2.45) is 21.7 Å². The molecule has 0 saturated carbocycles. The fourth-order valence-corrected chi connectivity index (χ4v) is 1.79. The van der Waals surface area contributed by atoms with Crippen molar-refractivity contribution in [2.45, 2.75) is 0 Å². The van der Waals surface area contributed by atoms with E-state index >= 15 is 0 Å². The van der Waals surface area contributed by atoms with Crippen molar-refractivity contribution in [1.29, 1.82) is 0 Å². The Hall–Kier alpha value is -3.48. The summed E-state index contributed by atoms with van der Waals surface area (Å²) < 4.78 is 0. The molecule has 0 fully saturated rings. The summed E-state index contributed by atoms with van der Waals surface area (Å²) in [4.78, 5) is 10.2. The maximum atomic E-state index is 10.6. The van der Waals surface area contributed by atoms with E-state index in [-0.39, 0.29) is 11.6 Å². The van der Waals surface area contributed by atoms with Crippen molar-refractivity contribution < 1.29 is 4.92 Å². The van der Waals surface area contributed by atoms with E-state index in [0.717, 1.165) is 11.1 Å². The maximum Gasteiger partial charge on any atom is 0.269 e. The Morgan fingerprint density at radius 3 is 2.22 bits per heavy atom. The van der Waals surface area contributed by atoms with Gasteiger partial charge in [-0.2, -0.15) is 0 Å². The van der Waals surface area contributed by atoms with E-state index in [0.29, 0.717) is 5.71 Å². The molecular formula is C16H15N5O2. The molecule has 2 rings (SSSR count). The standard InChI is InChI=1S/C16H15N5O2/c17-16(18)20-19-15(13-4-2-1-3-5-13)11-8-12-6-9-14(10-7-12)21(22)23/h1-11H,(H4,17,18,20)/b11-8+,19-15-. The van der Waals surface area contributed by atoms with Crippen molar-refractivity contribution in [3.05, 3.63) is 81.9 Å². The number of nitro groups is 1. The molecule has 0 saturated heterocycles. The van der Waals surface area contributed by atoms with Crippen molar-refractivity contribution in [2.75, 3.05) is 0 Å². The van der Waals surface area contributed by atoms with Crippen LogP contribution < -0.4 is 11.5 Å². The first-order valence-corrected chi connectivity index (χ1v) is 6.71. The van der Waals surface area contributed by atoms with E-state index in [9.17, 15) is 10.1 Å². The molecule has 0 spiro atoms. The van der Waals surface area contributed by atoms with E-state index in [1.54, 1.807) is 24.3 Å². The number of hydrogen-bond acceptors (Lipinski definition) is 4. The first kappa shape index (κ1) is 15.9. The van der Waals surface area contributed by atoms with Crippen LogP contribution in [0.25, 0.3) is 6.08 Å². The molecule has 0 unspecified atom stereocenters. The minimum Gasteiger partial charge on any atom is -0.369 e. The molecule has 0 radical (unpaired) electrons. The normalized spacial score (nSPS) is 11.4. The summed E-state index contributed by atoms with van der Waals surface area (Å²) in [6, 6.07) is 15.6. The van der Waals surface area contributed by atoms with Gasteiger partial charge < -0.3 is 11.5 Å². The Bertz CT molecular complexity index is 761. The predicted molar refractivity (Wildman–Crippen MR) is 90.9 cm³/mol. The second-order valence-corrected chi connectivity index (χ2v) is 4.56. The van der Waals surface area contributed by atoms with Crippen LogP contribution in [0.1, 0.15) is 11.1 Å². The molecule has 7 heteroatoms. The van der Waals surface area contributed by atoms with E-state index in [1.165, 1.54) is 12.1 Å². The van der Waals surface area contributed by atoms with Gasteiger partial charge in [0.25, 0.3) is 5.69 Å². The summed E-state index contributed by atoms with van der Waals surface area (Å²) in [6.45, 7) is 0. The van der Waals surface area contributed by atoms with Gasteiger partial charge in [-0.3, -0.25) is 10.1 Å². The minimum atomic E-state index is -0.441. The zero-order valence-electron chi connectivity index (χ0n) is 12.2. The van der Waals surface area contributed by atoms with Crippen molar-refractivity contribution in [3.8, 4) is 0 Å². The van der Waals surface area contributed by atoms with Crippen LogP contribution in [0.4, 0.5) is 5.69 Å². The van der Waals surface area contributed by atoms with Gasteiger partial charge in [0.2, 0.25) is 5.96 Å². The van der Waals surface area contributed by atoms with Gasteiger partial charge in [0.05, 0.1) is 10.6 Å². The highest BCUT2D eigenvalue weighted by Gasteiger charge is 2.03. The molecule has 0 amide bonds. The third-order valence-electron chi connectivity index (χ3n) is 2.88. The van der Waals surface area contributed by atoms with Crippen LogP contribution in [0.15, 0.2) is 70.9 Å². The van der Waals surface area contributed by atoms with Crippen LogP contribution in [0.5, 0.6) is 0 Å². The zero-order valence-corrected chi connectivity index (χ0v) is 12.2. The minimum absolute atomic E-state index is 0.0413. The zero-order chi connectivity index (χ0) is 16.7. The second kappa shape index (κ2) is 7.51. The third-order valence-corrected chi connectivity index (χ3v) is 2.88. The topological polar surface area (TPSA) is 120 Å². The number of guanidine groups is 1. The number of rotatable bonds is 5. The monoisotopic (exact) mass is 309 g/mol. The highest BCUT2D eigenvalue weighted by Crippen LogP contribution is 2.13. The summed E-state index contributed by atoms with van der Waals surface area (Å²) in [5.41, 5.74) is 12.9. The lowest BCUT2D eigenvalue weighted by Crippen LogP contribution is -2.22. The number of nitrogens with zero attached hydrogens (tertiary/aromatic N) is 3. The highest BCUT2D eigenvalue weighted by molar-refractivity contribution is 6.10. The van der Waals surface area contributed by atoms with Crippen LogP contribution in [0.2, 0.25) is 0 Å². The van der Waals surface area contributed by atoms with Gasteiger partial charge >= 0.3 is 0 Å². The quantitative estimate of drug-likeness (QED) is 0.381. The largest absolute Gasteiger partial charge is 0.369 e. The van der Waals surface area contributed by atoms with Crippen LogP contribution in [0.3, 0.4) is 0 Å². The maximum absolute atomic E-state index is 10.6. The molecular weight excluding hydrogens is 294 g/mol. The summed E-state index contributed by atoms with van der Waals surface area (Å²) >= 11 is 0. The van der Waals surface area contributed by atoms with Gasteiger partial charge in [0, 0.05) is 17.7 Å². The van der Waals surface area contributed by atoms with Crippen LogP contribution in [0, 0.1) is 10.1 Å². The number of nitrogens with two attached hydrogens (primary N) is 2. The average molecular weight is 309 g/mol. The Morgan fingerprint density at radius 1 is 1.00 bits per heavy atom. The summed E-state index contributed by atoms with van der Waals surface area (Å²) in [5.74, 6) is -0.137. The highest BCUT2D eigenvalue weighted by atomic mass is 16.6. The van der Waals surface area contributed by atoms with Gasteiger partial charge in [-0.1, -0.05) is 36.4 Å². The Balaban J connectivity index is 2.28. The van der Waals surface area contributed by atoms with Gasteiger partial charge in [-0.15, -0.1) is 10.2 Å². The molecule has 2 aromatic carbocycles. The molecule has 116 valence electrons. The molecule has 7 nitrogen and oxygen atoms in total. The first-order chi connectivity index (χ1) is 11.1. The predicted octanol–water partition coefficient (Wildman–Crippen LogP) is 2.29. The number of non-ortho nitro benzene ring substituents is 1. The molecule has 0 bridgehead atoms. The Labute approximate surface area is 132 Å². The molecule has 0 heterocycles. The Morgan fingerprint density at radius 2 is 1.65 bits per heavy atom.